The van der Waals surface area contributed by atoms with Gasteiger partial charge in [-0.2, -0.15) is 5.10 Å². The fourth-order valence-corrected chi connectivity index (χ4v) is 4.93. The first-order chi connectivity index (χ1) is 9.74. The first kappa shape index (κ1) is 14.6. The molecule has 1 heterocycles. The molecule has 0 aromatic carbocycles. The lowest BCUT2D eigenvalue weighted by Gasteiger charge is -2.32. The molecule has 4 heteroatoms. The van der Waals surface area contributed by atoms with Crippen molar-refractivity contribution in [3.8, 4) is 0 Å². The Labute approximate surface area is 130 Å². The second kappa shape index (κ2) is 6.18. The summed E-state index contributed by atoms with van der Waals surface area (Å²) in [6.07, 6.45) is 8.94. The molecule has 20 heavy (non-hydrogen) atoms. The number of nitrogens with zero attached hydrogens (tertiary/aromatic N) is 2. The zero-order valence-electron chi connectivity index (χ0n) is 12.6. The summed E-state index contributed by atoms with van der Waals surface area (Å²) in [6.45, 7) is 6.48. The van der Waals surface area contributed by atoms with Crippen LogP contribution in [0.1, 0.15) is 57.7 Å². The molecule has 0 saturated heterocycles. The van der Waals surface area contributed by atoms with E-state index >= 15 is 0 Å². The van der Waals surface area contributed by atoms with Gasteiger partial charge in [-0.25, -0.2) is 0 Å². The molecule has 2 saturated carbocycles. The number of hydrogen-bond donors (Lipinski definition) is 1. The average Bonchev–Trinajstić information content (AvgIpc) is 3.15. The van der Waals surface area contributed by atoms with E-state index in [1.165, 1.54) is 42.3 Å². The third-order valence-electron chi connectivity index (χ3n) is 5.26. The minimum atomic E-state index is 0.474. The lowest BCUT2D eigenvalue weighted by molar-refractivity contribution is 0.241. The first-order valence-electron chi connectivity index (χ1n) is 8.19. The van der Waals surface area contributed by atoms with Crippen molar-refractivity contribution in [2.75, 3.05) is 6.54 Å². The lowest BCUT2D eigenvalue weighted by Crippen LogP contribution is -2.34. The maximum Gasteiger partial charge on any atom is 0.0698 e. The summed E-state index contributed by atoms with van der Waals surface area (Å²) >= 11 is 3.73. The van der Waals surface area contributed by atoms with Crippen LogP contribution in [0.2, 0.25) is 0 Å². The van der Waals surface area contributed by atoms with E-state index in [1.54, 1.807) is 0 Å². The second-order valence-corrected chi connectivity index (χ2v) is 7.32. The van der Waals surface area contributed by atoms with Crippen LogP contribution in [0.15, 0.2) is 10.7 Å². The van der Waals surface area contributed by atoms with Crippen LogP contribution in [0.5, 0.6) is 0 Å². The summed E-state index contributed by atoms with van der Waals surface area (Å²) in [5, 5.41) is 8.35. The zero-order chi connectivity index (χ0) is 14.1. The third kappa shape index (κ3) is 2.57. The standard InChI is InChI=1S/C16H26BrN3/c1-3-7-18-15(13-9-11-5-6-12(13)8-11)16-14(17)10-19-20(16)4-2/h10-13,15,18H,3-9H2,1-2H3. The predicted molar refractivity (Wildman–Crippen MR) is 85.6 cm³/mol. The van der Waals surface area contributed by atoms with Crippen LogP contribution in [0.3, 0.4) is 0 Å². The van der Waals surface area contributed by atoms with E-state index in [1.807, 2.05) is 6.20 Å². The molecule has 2 fully saturated rings. The van der Waals surface area contributed by atoms with Crippen LogP contribution in [-0.2, 0) is 6.54 Å². The van der Waals surface area contributed by atoms with Gasteiger partial charge in [-0.3, -0.25) is 4.68 Å². The van der Waals surface area contributed by atoms with Gasteiger partial charge in [0.25, 0.3) is 0 Å². The van der Waals surface area contributed by atoms with Crippen molar-refractivity contribution < 1.29 is 0 Å². The van der Waals surface area contributed by atoms with Crippen LogP contribution < -0.4 is 5.32 Å². The van der Waals surface area contributed by atoms with E-state index in [9.17, 15) is 0 Å². The number of rotatable bonds is 6. The van der Waals surface area contributed by atoms with Crippen LogP contribution in [-0.4, -0.2) is 16.3 Å². The van der Waals surface area contributed by atoms with Gasteiger partial charge in [0.1, 0.15) is 0 Å². The van der Waals surface area contributed by atoms with Gasteiger partial charge in [0.15, 0.2) is 0 Å². The van der Waals surface area contributed by atoms with Gasteiger partial charge in [0, 0.05) is 6.54 Å². The van der Waals surface area contributed by atoms with Crippen molar-refractivity contribution in [1.29, 1.82) is 0 Å². The molecular formula is C16H26BrN3. The fraction of sp³-hybridized carbons (Fsp3) is 0.812. The maximum absolute atomic E-state index is 4.53. The SMILES string of the molecule is CCCNC(c1c(Br)cnn1CC)C1CC2CCC1C2. The molecule has 0 amide bonds. The van der Waals surface area contributed by atoms with Crippen molar-refractivity contribution in [3.63, 3.8) is 0 Å². The monoisotopic (exact) mass is 339 g/mol. The molecular weight excluding hydrogens is 314 g/mol. The van der Waals surface area contributed by atoms with Gasteiger partial charge in [-0.1, -0.05) is 13.3 Å². The van der Waals surface area contributed by atoms with E-state index in [0.717, 1.165) is 30.8 Å². The van der Waals surface area contributed by atoms with Gasteiger partial charge >= 0.3 is 0 Å². The molecule has 4 unspecified atom stereocenters. The number of halogens is 1. The topological polar surface area (TPSA) is 29.9 Å². The summed E-state index contributed by atoms with van der Waals surface area (Å²) in [5.74, 6) is 2.73. The van der Waals surface area contributed by atoms with Gasteiger partial charge in [-0.15, -0.1) is 0 Å². The summed E-state index contributed by atoms with van der Waals surface area (Å²) < 4.78 is 3.35. The number of hydrogen-bond acceptors (Lipinski definition) is 2. The van der Waals surface area contributed by atoms with Crippen LogP contribution in [0.4, 0.5) is 0 Å². The minimum Gasteiger partial charge on any atom is -0.308 e. The van der Waals surface area contributed by atoms with Gasteiger partial charge in [-0.05, 0) is 72.8 Å². The van der Waals surface area contributed by atoms with Crippen LogP contribution in [0.25, 0.3) is 0 Å². The third-order valence-corrected chi connectivity index (χ3v) is 5.87. The molecule has 2 aliphatic carbocycles. The van der Waals surface area contributed by atoms with Crippen molar-refractivity contribution in [3.05, 3.63) is 16.4 Å². The molecule has 0 spiro atoms. The normalized spacial score (nSPS) is 30.1. The van der Waals surface area contributed by atoms with Crippen molar-refractivity contribution in [2.45, 2.75) is 58.5 Å². The Bertz CT molecular complexity index is 457. The smallest absolute Gasteiger partial charge is 0.0698 e. The van der Waals surface area contributed by atoms with Gasteiger partial charge in [0.2, 0.25) is 0 Å². The molecule has 1 aromatic heterocycles. The summed E-state index contributed by atoms with van der Waals surface area (Å²) in [6, 6.07) is 0.474. The van der Waals surface area contributed by atoms with Crippen LogP contribution in [0, 0.1) is 17.8 Å². The summed E-state index contributed by atoms with van der Waals surface area (Å²) in [7, 11) is 0. The highest BCUT2D eigenvalue weighted by molar-refractivity contribution is 9.10. The van der Waals surface area contributed by atoms with Crippen LogP contribution >= 0.6 is 15.9 Å². The fourth-order valence-electron chi connectivity index (χ4n) is 4.39. The highest BCUT2D eigenvalue weighted by Gasteiger charge is 2.44. The Balaban J connectivity index is 1.87. The second-order valence-electron chi connectivity index (χ2n) is 6.46. The summed E-state index contributed by atoms with van der Waals surface area (Å²) in [4.78, 5) is 0. The molecule has 3 nitrogen and oxygen atoms in total. The van der Waals surface area contributed by atoms with Gasteiger partial charge in [0.05, 0.1) is 22.4 Å². The molecule has 2 aliphatic rings. The van der Waals surface area contributed by atoms with E-state index in [2.05, 4.69) is 44.9 Å². The van der Waals surface area contributed by atoms with Gasteiger partial charge < -0.3 is 5.32 Å². The highest BCUT2D eigenvalue weighted by atomic mass is 79.9. The van der Waals surface area contributed by atoms with Crippen molar-refractivity contribution in [2.24, 2.45) is 17.8 Å². The quantitative estimate of drug-likeness (QED) is 0.843. The molecule has 4 atom stereocenters. The maximum atomic E-state index is 4.53. The first-order valence-corrected chi connectivity index (χ1v) is 8.98. The molecule has 1 N–H and O–H groups in total. The molecule has 3 rings (SSSR count). The Morgan fingerprint density at radius 1 is 1.40 bits per heavy atom. The molecule has 1 aromatic rings. The average molecular weight is 340 g/mol. The molecule has 0 radical (unpaired) electrons. The highest BCUT2D eigenvalue weighted by Crippen LogP contribution is 2.53. The number of fused-ring (bicyclic) bond motifs is 2. The Morgan fingerprint density at radius 2 is 2.25 bits per heavy atom. The van der Waals surface area contributed by atoms with E-state index < -0.39 is 0 Å². The summed E-state index contributed by atoms with van der Waals surface area (Å²) in [5.41, 5.74) is 1.37. The number of aryl methyl sites for hydroxylation is 1. The Morgan fingerprint density at radius 3 is 2.85 bits per heavy atom. The van der Waals surface area contributed by atoms with E-state index in [0.29, 0.717) is 6.04 Å². The lowest BCUT2D eigenvalue weighted by atomic mass is 9.82. The molecule has 2 bridgehead atoms. The van der Waals surface area contributed by atoms with E-state index in [4.69, 9.17) is 0 Å². The number of aromatic nitrogens is 2. The Kier molecular flexibility index (Phi) is 4.51. The largest absolute Gasteiger partial charge is 0.308 e. The molecule has 112 valence electrons. The minimum absolute atomic E-state index is 0.474. The zero-order valence-corrected chi connectivity index (χ0v) is 14.2. The number of nitrogens with one attached hydrogen (secondary N) is 1. The Hall–Kier alpha value is -0.350. The van der Waals surface area contributed by atoms with E-state index in [-0.39, 0.29) is 0 Å². The van der Waals surface area contributed by atoms with Crippen molar-refractivity contribution >= 4 is 15.9 Å². The predicted octanol–water partition coefficient (Wildman–Crippen LogP) is 4.14. The molecule has 0 aliphatic heterocycles. The van der Waals surface area contributed by atoms with Crippen molar-refractivity contribution in [1.82, 2.24) is 15.1 Å².